The van der Waals surface area contributed by atoms with Crippen molar-refractivity contribution in [1.29, 1.82) is 0 Å². The van der Waals surface area contributed by atoms with E-state index in [9.17, 15) is 19.2 Å². The van der Waals surface area contributed by atoms with E-state index in [1.165, 1.54) is 74.2 Å². The average Bonchev–Trinajstić information content (AvgIpc) is 2.79. The van der Waals surface area contributed by atoms with E-state index in [0.717, 1.165) is 0 Å². The van der Waals surface area contributed by atoms with Crippen LogP contribution in [0.2, 0.25) is 8.87 Å². The minimum absolute atomic E-state index is 0.149. The van der Waals surface area contributed by atoms with Crippen molar-refractivity contribution in [2.75, 3.05) is 0 Å². The zero-order valence-corrected chi connectivity index (χ0v) is 21.6. The number of aromatic carboxylic acids is 4. The van der Waals surface area contributed by atoms with Crippen molar-refractivity contribution in [3.05, 3.63) is 70.8 Å². The molecule has 0 aliphatic heterocycles. The maximum absolute atomic E-state index is 10.5. The van der Waals surface area contributed by atoms with Gasteiger partial charge < -0.3 is 20.4 Å². The molecule has 8 nitrogen and oxygen atoms in total. The summed E-state index contributed by atoms with van der Waals surface area (Å²) in [5.74, 6) is -4.91. The molecule has 0 aliphatic carbocycles. The van der Waals surface area contributed by atoms with Crippen LogP contribution < -0.4 is 0 Å². The van der Waals surface area contributed by atoms with E-state index in [1.54, 1.807) is 8.87 Å². The average molecular weight is 565 g/mol. The van der Waals surface area contributed by atoms with Crippen LogP contribution in [0.15, 0.2) is 48.5 Å². The van der Waals surface area contributed by atoms with Gasteiger partial charge in [0.05, 0.1) is 22.3 Å². The molecule has 0 atom stereocenters. The molecule has 0 saturated carbocycles. The Morgan fingerprint density at radius 1 is 0.576 bits per heavy atom. The number of carboxylic acids is 4. The Bertz CT molecular complexity index is 771. The Kier molecular flexibility index (Phi) is 16.1. The summed E-state index contributed by atoms with van der Waals surface area (Å²) in [6.07, 6.45) is 5.84. The van der Waals surface area contributed by atoms with Gasteiger partial charge in [-0.3, -0.25) is 0 Å². The first-order chi connectivity index (χ1) is 15.7. The van der Waals surface area contributed by atoms with Crippen LogP contribution in [0.25, 0.3) is 0 Å². The van der Waals surface area contributed by atoms with Gasteiger partial charge in [0.2, 0.25) is 0 Å². The zero-order chi connectivity index (χ0) is 25.2. The molecule has 2 aromatic carbocycles. The van der Waals surface area contributed by atoms with Crippen molar-refractivity contribution < 1.29 is 39.6 Å². The predicted octanol–water partition coefficient (Wildman–Crippen LogP) is 5.29. The molecule has 0 heterocycles. The van der Waals surface area contributed by atoms with Crippen LogP contribution in [0.5, 0.6) is 0 Å². The van der Waals surface area contributed by atoms with Crippen molar-refractivity contribution in [1.82, 2.24) is 0 Å². The normalized spacial score (nSPS) is 9.52. The number of unbranched alkanes of at least 4 members (excludes halogenated alkanes) is 2. The van der Waals surface area contributed by atoms with Crippen LogP contribution in [0, 0.1) is 0 Å². The molecule has 0 saturated heterocycles. The van der Waals surface area contributed by atoms with E-state index in [-0.39, 0.29) is 43.4 Å². The summed E-state index contributed by atoms with van der Waals surface area (Å²) in [6.45, 7) is 4.58. The fraction of sp³-hybridized carbons (Fsp3) is 0.333. The topological polar surface area (TPSA) is 149 Å². The first-order valence-corrected chi connectivity index (χ1v) is 14.5. The molecule has 0 fully saturated rings. The molecule has 2 radical (unpaired) electrons. The first kappa shape index (κ1) is 30.1. The molecule has 2 rings (SSSR count). The molecule has 0 spiro atoms. The Hall–Kier alpha value is -2.88. The molecule has 2 aromatic rings. The summed E-state index contributed by atoms with van der Waals surface area (Å²) in [6, 6.07) is 11.0. The smallest absolute Gasteiger partial charge is 0.336 e. The van der Waals surface area contributed by atoms with Gasteiger partial charge in [0, 0.05) is 0 Å². The molecule has 33 heavy (non-hydrogen) atoms. The van der Waals surface area contributed by atoms with E-state index in [0.29, 0.717) is 0 Å². The Balaban J connectivity index is 0.000000472. The summed E-state index contributed by atoms with van der Waals surface area (Å²) in [5.41, 5.74) is -0.759. The minimum Gasteiger partial charge on any atom is -0.478 e. The number of benzene rings is 2. The Labute approximate surface area is 203 Å². The van der Waals surface area contributed by atoms with E-state index in [4.69, 9.17) is 20.4 Å². The third kappa shape index (κ3) is 12.7. The van der Waals surface area contributed by atoms with Gasteiger partial charge in [0.25, 0.3) is 0 Å². The van der Waals surface area contributed by atoms with E-state index in [2.05, 4.69) is 13.8 Å². The first-order valence-electron chi connectivity index (χ1n) is 10.5. The SMILES string of the molecule is CCC[CH2][Sn][CH2]CCC.O=C(O)c1ccccc1C(=O)O.O=C(O)c1ccccc1C(=O)O. The molecule has 4 N–H and O–H groups in total. The number of carboxylic acid groups (broad SMARTS) is 4. The molecule has 0 amide bonds. The van der Waals surface area contributed by atoms with Gasteiger partial charge in [0.15, 0.2) is 0 Å². The van der Waals surface area contributed by atoms with Crippen LogP contribution in [0.4, 0.5) is 0 Å². The molecule has 0 unspecified atom stereocenters. The second-order valence-electron chi connectivity index (χ2n) is 6.77. The molecular formula is C24H30O8Sn. The van der Waals surface area contributed by atoms with Gasteiger partial charge in [-0.15, -0.1) is 0 Å². The van der Waals surface area contributed by atoms with E-state index < -0.39 is 23.9 Å². The third-order valence-corrected chi connectivity index (χ3v) is 8.23. The van der Waals surface area contributed by atoms with Crippen LogP contribution in [-0.2, 0) is 0 Å². The maximum Gasteiger partial charge on any atom is 0.336 e. The van der Waals surface area contributed by atoms with Gasteiger partial charge in [-0.05, 0) is 24.3 Å². The molecular weight excluding hydrogens is 535 g/mol. The third-order valence-electron chi connectivity index (χ3n) is 4.19. The van der Waals surface area contributed by atoms with Gasteiger partial charge in [-0.25, -0.2) is 19.2 Å². The van der Waals surface area contributed by atoms with Gasteiger partial charge in [-0.1, -0.05) is 24.3 Å². The van der Waals surface area contributed by atoms with Crippen molar-refractivity contribution in [2.24, 2.45) is 0 Å². The van der Waals surface area contributed by atoms with Gasteiger partial charge in [-0.2, -0.15) is 0 Å². The Morgan fingerprint density at radius 2 is 0.818 bits per heavy atom. The largest absolute Gasteiger partial charge is 0.478 e. The van der Waals surface area contributed by atoms with Gasteiger partial charge >= 0.3 is 93.4 Å². The molecule has 178 valence electrons. The van der Waals surface area contributed by atoms with Crippen LogP contribution in [-0.4, -0.2) is 65.4 Å². The zero-order valence-electron chi connectivity index (χ0n) is 18.8. The minimum atomic E-state index is -1.23. The number of hydrogen-bond acceptors (Lipinski definition) is 4. The predicted molar refractivity (Wildman–Crippen MR) is 126 cm³/mol. The van der Waals surface area contributed by atoms with Crippen LogP contribution in [0.1, 0.15) is 81.0 Å². The number of carbonyl (C=O) groups is 4. The van der Waals surface area contributed by atoms with Crippen molar-refractivity contribution >= 4 is 45.0 Å². The molecule has 0 bridgehead atoms. The van der Waals surface area contributed by atoms with Gasteiger partial charge in [0.1, 0.15) is 0 Å². The number of rotatable bonds is 10. The molecule has 0 aromatic heterocycles. The van der Waals surface area contributed by atoms with E-state index in [1.807, 2.05) is 0 Å². The number of hydrogen-bond donors (Lipinski definition) is 4. The molecule has 0 aliphatic rings. The summed E-state index contributed by atoms with van der Waals surface area (Å²) in [7, 11) is 0. The van der Waals surface area contributed by atoms with Crippen LogP contribution >= 0.6 is 0 Å². The summed E-state index contributed by atoms with van der Waals surface area (Å²) in [5, 5.41) is 34.2. The van der Waals surface area contributed by atoms with E-state index >= 15 is 0 Å². The molecule has 9 heteroatoms. The fourth-order valence-electron chi connectivity index (χ4n) is 2.44. The fourth-order valence-corrected chi connectivity index (χ4v) is 6.60. The second kappa shape index (κ2) is 17.6. The summed E-state index contributed by atoms with van der Waals surface area (Å²) in [4.78, 5) is 41.9. The van der Waals surface area contributed by atoms with Crippen molar-refractivity contribution in [2.45, 2.75) is 48.4 Å². The maximum atomic E-state index is 10.5. The standard InChI is InChI=1S/2C8H6O4.2C4H9.Sn/c2*9-7(10)5-3-1-2-4-6(5)8(11)12;2*1-3-4-2;/h2*1-4H,(H,9,10)(H,11,12);2*1,3-4H2,2H3;. The van der Waals surface area contributed by atoms with Crippen LogP contribution in [0.3, 0.4) is 0 Å². The summed E-state index contributed by atoms with van der Waals surface area (Å²) < 4.78 is 3.25. The quantitative estimate of drug-likeness (QED) is 0.224. The monoisotopic (exact) mass is 566 g/mol. The van der Waals surface area contributed by atoms with Crippen molar-refractivity contribution in [3.63, 3.8) is 0 Å². The second-order valence-corrected chi connectivity index (χ2v) is 11.1. The Morgan fingerprint density at radius 3 is 1.00 bits per heavy atom. The summed E-state index contributed by atoms with van der Waals surface area (Å²) >= 11 is 0.149. The van der Waals surface area contributed by atoms with Crippen molar-refractivity contribution in [3.8, 4) is 0 Å².